The van der Waals surface area contributed by atoms with Crippen molar-refractivity contribution in [3.63, 3.8) is 0 Å². The molecule has 0 spiro atoms. The third-order valence-electron chi connectivity index (χ3n) is 4.59. The number of carbonyl (C=O) groups is 2. The maximum atomic E-state index is 13.1. The summed E-state index contributed by atoms with van der Waals surface area (Å²) in [7, 11) is 1.62. The predicted octanol–water partition coefficient (Wildman–Crippen LogP) is 3.49. The Labute approximate surface area is 167 Å². The summed E-state index contributed by atoms with van der Waals surface area (Å²) >= 11 is 0. The number of hydrogen-bond donors (Lipinski definition) is 1. The van der Waals surface area contributed by atoms with Gasteiger partial charge in [0.1, 0.15) is 11.8 Å². The molecule has 0 saturated heterocycles. The zero-order valence-electron chi connectivity index (χ0n) is 17.4. The minimum absolute atomic E-state index is 0.0185. The van der Waals surface area contributed by atoms with Gasteiger partial charge in [0, 0.05) is 12.6 Å². The van der Waals surface area contributed by atoms with Gasteiger partial charge in [-0.05, 0) is 51.0 Å². The normalized spacial score (nSPS) is 11.8. The van der Waals surface area contributed by atoms with Gasteiger partial charge in [-0.25, -0.2) is 0 Å². The molecule has 0 bridgehead atoms. The third kappa shape index (κ3) is 6.12. The molecule has 0 radical (unpaired) electrons. The Morgan fingerprint density at radius 2 is 1.54 bits per heavy atom. The fourth-order valence-corrected chi connectivity index (χ4v) is 2.90. The summed E-state index contributed by atoms with van der Waals surface area (Å²) in [5.41, 5.74) is 3.03. The number of benzene rings is 2. The summed E-state index contributed by atoms with van der Waals surface area (Å²) < 4.78 is 5.20. The highest BCUT2D eigenvalue weighted by molar-refractivity contribution is 5.88. The topological polar surface area (TPSA) is 58.6 Å². The van der Waals surface area contributed by atoms with Crippen LogP contribution in [-0.4, -0.2) is 35.9 Å². The molecular formula is C23H30N2O3. The van der Waals surface area contributed by atoms with Gasteiger partial charge in [-0.3, -0.25) is 9.59 Å². The van der Waals surface area contributed by atoms with Crippen LogP contribution in [0.4, 0.5) is 0 Å². The van der Waals surface area contributed by atoms with E-state index < -0.39 is 6.04 Å². The molecule has 2 rings (SSSR count). The Morgan fingerprint density at radius 3 is 2.07 bits per heavy atom. The second-order valence-electron chi connectivity index (χ2n) is 7.37. The van der Waals surface area contributed by atoms with Crippen LogP contribution in [0.15, 0.2) is 48.5 Å². The van der Waals surface area contributed by atoms with Crippen molar-refractivity contribution in [1.82, 2.24) is 10.2 Å². The standard InChI is InChI=1S/C23H30N2O3/c1-16(2)24-23(27)18(4)25(15-20-10-12-21(28-5)13-11-20)22(26)14-19-8-6-17(3)7-9-19/h6-13,16,18H,14-15H2,1-5H3,(H,24,27). The van der Waals surface area contributed by atoms with Gasteiger partial charge in [0.05, 0.1) is 13.5 Å². The minimum Gasteiger partial charge on any atom is -0.497 e. The molecule has 28 heavy (non-hydrogen) atoms. The van der Waals surface area contributed by atoms with E-state index in [1.165, 1.54) is 0 Å². The Bertz CT molecular complexity index is 782. The number of rotatable bonds is 8. The van der Waals surface area contributed by atoms with Crippen molar-refractivity contribution in [3.8, 4) is 5.75 Å². The number of nitrogens with zero attached hydrogens (tertiary/aromatic N) is 1. The lowest BCUT2D eigenvalue weighted by Crippen LogP contribution is -2.49. The summed E-state index contributed by atoms with van der Waals surface area (Å²) in [6, 6.07) is 14.9. The van der Waals surface area contributed by atoms with E-state index >= 15 is 0 Å². The first-order valence-electron chi connectivity index (χ1n) is 9.58. The number of amides is 2. The third-order valence-corrected chi connectivity index (χ3v) is 4.59. The number of aryl methyl sites for hydroxylation is 1. The molecule has 0 aliphatic carbocycles. The highest BCUT2D eigenvalue weighted by atomic mass is 16.5. The zero-order valence-corrected chi connectivity index (χ0v) is 17.4. The monoisotopic (exact) mass is 382 g/mol. The van der Waals surface area contributed by atoms with Crippen molar-refractivity contribution >= 4 is 11.8 Å². The van der Waals surface area contributed by atoms with Gasteiger partial charge < -0.3 is 15.0 Å². The van der Waals surface area contributed by atoms with Gasteiger partial charge in [0.2, 0.25) is 11.8 Å². The van der Waals surface area contributed by atoms with Crippen molar-refractivity contribution in [2.45, 2.75) is 52.7 Å². The van der Waals surface area contributed by atoms with E-state index in [0.717, 1.165) is 22.4 Å². The Morgan fingerprint density at radius 1 is 0.964 bits per heavy atom. The Kier molecular flexibility index (Phi) is 7.61. The van der Waals surface area contributed by atoms with Crippen LogP contribution in [0, 0.1) is 6.92 Å². The van der Waals surface area contributed by atoms with Gasteiger partial charge in [-0.2, -0.15) is 0 Å². The lowest BCUT2D eigenvalue weighted by molar-refractivity contribution is -0.140. The first-order valence-corrected chi connectivity index (χ1v) is 9.58. The number of carbonyl (C=O) groups excluding carboxylic acids is 2. The average Bonchev–Trinajstić information content (AvgIpc) is 2.67. The predicted molar refractivity (Wildman–Crippen MR) is 111 cm³/mol. The lowest BCUT2D eigenvalue weighted by Gasteiger charge is -2.29. The van der Waals surface area contributed by atoms with Crippen LogP contribution in [-0.2, 0) is 22.6 Å². The van der Waals surface area contributed by atoms with Crippen LogP contribution in [0.5, 0.6) is 5.75 Å². The molecule has 0 fully saturated rings. The molecule has 0 aliphatic heterocycles. The van der Waals surface area contributed by atoms with Crippen LogP contribution in [0.25, 0.3) is 0 Å². The fraction of sp³-hybridized carbons (Fsp3) is 0.391. The SMILES string of the molecule is COc1ccc(CN(C(=O)Cc2ccc(C)cc2)C(C)C(=O)NC(C)C)cc1. The molecule has 5 nitrogen and oxygen atoms in total. The molecular weight excluding hydrogens is 352 g/mol. The summed E-state index contributed by atoms with van der Waals surface area (Å²) in [6.45, 7) is 7.97. The van der Waals surface area contributed by atoms with E-state index in [4.69, 9.17) is 4.74 Å². The highest BCUT2D eigenvalue weighted by Crippen LogP contribution is 2.16. The largest absolute Gasteiger partial charge is 0.497 e. The smallest absolute Gasteiger partial charge is 0.242 e. The summed E-state index contributed by atoms with van der Waals surface area (Å²) in [6.07, 6.45) is 0.260. The molecule has 0 saturated carbocycles. The molecule has 0 aliphatic rings. The number of ether oxygens (including phenoxy) is 1. The number of hydrogen-bond acceptors (Lipinski definition) is 3. The van der Waals surface area contributed by atoms with E-state index in [1.54, 1.807) is 18.9 Å². The quantitative estimate of drug-likeness (QED) is 0.760. The van der Waals surface area contributed by atoms with E-state index in [9.17, 15) is 9.59 Å². The molecule has 0 aromatic heterocycles. The van der Waals surface area contributed by atoms with E-state index in [2.05, 4.69) is 5.32 Å². The van der Waals surface area contributed by atoms with Crippen molar-refractivity contribution in [3.05, 3.63) is 65.2 Å². The second-order valence-corrected chi connectivity index (χ2v) is 7.37. The van der Waals surface area contributed by atoms with Crippen molar-refractivity contribution < 1.29 is 14.3 Å². The molecule has 2 aromatic carbocycles. The average molecular weight is 383 g/mol. The molecule has 1 N–H and O–H groups in total. The molecule has 2 amide bonds. The highest BCUT2D eigenvalue weighted by Gasteiger charge is 2.26. The van der Waals surface area contributed by atoms with E-state index in [1.807, 2.05) is 69.3 Å². The number of nitrogens with one attached hydrogen (secondary N) is 1. The van der Waals surface area contributed by atoms with Crippen LogP contribution >= 0.6 is 0 Å². The zero-order chi connectivity index (χ0) is 20.7. The summed E-state index contributed by atoms with van der Waals surface area (Å²) in [5, 5.41) is 2.90. The summed E-state index contributed by atoms with van der Waals surface area (Å²) in [4.78, 5) is 27.3. The molecule has 1 atom stereocenters. The van der Waals surface area contributed by atoms with E-state index in [0.29, 0.717) is 6.54 Å². The molecule has 2 aromatic rings. The summed E-state index contributed by atoms with van der Waals surface area (Å²) in [5.74, 6) is 0.527. The van der Waals surface area contributed by atoms with Gasteiger partial charge >= 0.3 is 0 Å². The van der Waals surface area contributed by atoms with E-state index in [-0.39, 0.29) is 24.3 Å². The number of methoxy groups -OCH3 is 1. The van der Waals surface area contributed by atoms with Gasteiger partial charge in [-0.1, -0.05) is 42.0 Å². The van der Waals surface area contributed by atoms with Gasteiger partial charge in [-0.15, -0.1) is 0 Å². The first-order chi connectivity index (χ1) is 13.3. The minimum atomic E-state index is -0.567. The van der Waals surface area contributed by atoms with Crippen LogP contribution in [0.2, 0.25) is 0 Å². The van der Waals surface area contributed by atoms with Crippen LogP contribution in [0.1, 0.15) is 37.5 Å². The molecule has 1 unspecified atom stereocenters. The Balaban J connectivity index is 2.21. The fourth-order valence-electron chi connectivity index (χ4n) is 2.90. The molecule has 150 valence electrons. The maximum absolute atomic E-state index is 13.1. The van der Waals surface area contributed by atoms with Crippen LogP contribution in [0.3, 0.4) is 0 Å². The molecule has 0 heterocycles. The van der Waals surface area contributed by atoms with Crippen molar-refractivity contribution in [2.75, 3.05) is 7.11 Å². The second kappa shape index (κ2) is 9.93. The van der Waals surface area contributed by atoms with Crippen LogP contribution < -0.4 is 10.1 Å². The Hall–Kier alpha value is -2.82. The molecule has 5 heteroatoms. The first kappa shape index (κ1) is 21.5. The van der Waals surface area contributed by atoms with Crippen molar-refractivity contribution in [1.29, 1.82) is 0 Å². The van der Waals surface area contributed by atoms with Gasteiger partial charge in [0.15, 0.2) is 0 Å². The van der Waals surface area contributed by atoms with Gasteiger partial charge in [0.25, 0.3) is 0 Å². The lowest BCUT2D eigenvalue weighted by atomic mass is 10.1. The maximum Gasteiger partial charge on any atom is 0.242 e. The van der Waals surface area contributed by atoms with Crippen molar-refractivity contribution in [2.24, 2.45) is 0 Å².